The van der Waals surface area contributed by atoms with Crippen LogP contribution in [0.3, 0.4) is 0 Å². The van der Waals surface area contributed by atoms with E-state index < -0.39 is 0 Å². The number of nitrogens with two attached hydrogens (primary N) is 1. The van der Waals surface area contributed by atoms with Crippen molar-refractivity contribution in [3.8, 4) is 0 Å². The molecule has 3 rings (SSSR count). The van der Waals surface area contributed by atoms with Gasteiger partial charge in [-0.25, -0.2) is 4.79 Å². The molecule has 6 heteroatoms. The molecule has 106 valence electrons. The zero-order chi connectivity index (χ0) is 14.3. The first-order chi connectivity index (χ1) is 9.56. The fraction of sp³-hybridized carbons (Fsp3) is 0.429. The van der Waals surface area contributed by atoms with Crippen molar-refractivity contribution in [2.75, 3.05) is 13.1 Å². The van der Waals surface area contributed by atoms with Gasteiger partial charge in [-0.1, -0.05) is 0 Å². The molecule has 1 saturated heterocycles. The zero-order valence-electron chi connectivity index (χ0n) is 11.4. The number of benzene rings is 1. The second-order valence-electron chi connectivity index (χ2n) is 5.37. The number of amides is 1. The van der Waals surface area contributed by atoms with Gasteiger partial charge in [0.15, 0.2) is 0 Å². The first-order valence-electron chi connectivity index (χ1n) is 6.80. The van der Waals surface area contributed by atoms with Crippen LogP contribution in [-0.4, -0.2) is 39.5 Å². The Balaban J connectivity index is 1.95. The van der Waals surface area contributed by atoms with Crippen molar-refractivity contribution >= 4 is 16.9 Å². The molecule has 0 saturated carbocycles. The zero-order valence-corrected chi connectivity index (χ0v) is 11.4. The molecule has 1 aliphatic rings. The van der Waals surface area contributed by atoms with E-state index in [1.54, 1.807) is 30.1 Å². The number of H-pyrrole nitrogens is 1. The van der Waals surface area contributed by atoms with Crippen LogP contribution in [0.15, 0.2) is 23.0 Å². The fourth-order valence-electron chi connectivity index (χ4n) is 2.73. The topological polar surface area (TPSA) is 84.1 Å². The third-order valence-electron chi connectivity index (χ3n) is 3.90. The Bertz CT molecular complexity index is 716. The van der Waals surface area contributed by atoms with Gasteiger partial charge in [-0.3, -0.25) is 9.36 Å². The lowest BCUT2D eigenvalue weighted by Crippen LogP contribution is -2.45. The monoisotopic (exact) mass is 274 g/mol. The quantitative estimate of drug-likeness (QED) is 0.791. The minimum atomic E-state index is -0.176. The van der Waals surface area contributed by atoms with Crippen LogP contribution in [0.5, 0.6) is 0 Å². The largest absolute Gasteiger partial charge is 0.337 e. The highest BCUT2D eigenvalue weighted by Gasteiger charge is 2.22. The molecule has 1 amide bonds. The summed E-state index contributed by atoms with van der Waals surface area (Å²) < 4.78 is 1.51. The number of nitrogens with one attached hydrogen (secondary N) is 1. The third kappa shape index (κ3) is 2.12. The first-order valence-corrected chi connectivity index (χ1v) is 6.80. The van der Waals surface area contributed by atoms with Crippen LogP contribution in [0.25, 0.3) is 11.0 Å². The predicted molar refractivity (Wildman–Crippen MR) is 76.7 cm³/mol. The second kappa shape index (κ2) is 4.79. The number of aromatic amines is 1. The van der Waals surface area contributed by atoms with Crippen molar-refractivity contribution in [2.24, 2.45) is 12.8 Å². The number of aromatic nitrogens is 2. The molecule has 2 aromatic rings. The second-order valence-corrected chi connectivity index (χ2v) is 5.37. The maximum absolute atomic E-state index is 12.5. The number of carbonyl (C=O) groups is 1. The molecule has 1 aliphatic heterocycles. The number of piperidine rings is 1. The van der Waals surface area contributed by atoms with Crippen LogP contribution in [0.2, 0.25) is 0 Å². The van der Waals surface area contributed by atoms with Gasteiger partial charge in [0.05, 0.1) is 11.0 Å². The lowest BCUT2D eigenvalue weighted by atomic mass is 10.1. The van der Waals surface area contributed by atoms with Gasteiger partial charge in [0.25, 0.3) is 5.91 Å². The Morgan fingerprint density at radius 3 is 3.00 bits per heavy atom. The van der Waals surface area contributed by atoms with E-state index in [9.17, 15) is 9.59 Å². The first kappa shape index (κ1) is 12.9. The smallest absolute Gasteiger partial charge is 0.326 e. The van der Waals surface area contributed by atoms with Crippen LogP contribution < -0.4 is 11.4 Å². The molecule has 2 heterocycles. The van der Waals surface area contributed by atoms with Gasteiger partial charge < -0.3 is 15.6 Å². The number of aryl methyl sites for hydroxylation is 1. The summed E-state index contributed by atoms with van der Waals surface area (Å²) in [5, 5.41) is 0. The highest BCUT2D eigenvalue weighted by atomic mass is 16.2. The molecule has 20 heavy (non-hydrogen) atoms. The Kier molecular flexibility index (Phi) is 3.10. The summed E-state index contributed by atoms with van der Waals surface area (Å²) in [7, 11) is 1.69. The van der Waals surface area contributed by atoms with Crippen molar-refractivity contribution in [3.63, 3.8) is 0 Å². The van der Waals surface area contributed by atoms with Gasteiger partial charge in [0.1, 0.15) is 0 Å². The van der Waals surface area contributed by atoms with Crippen molar-refractivity contribution in [3.05, 3.63) is 34.2 Å². The molecular formula is C14H18N4O2. The van der Waals surface area contributed by atoms with Crippen LogP contribution in [0.4, 0.5) is 0 Å². The standard InChI is InChI=1S/C14H18N4O2/c1-17-12-7-9(4-5-11(12)16-14(17)20)13(19)18-6-2-3-10(15)8-18/h4-5,7,10H,2-3,6,8,15H2,1H3,(H,16,20)/t10-/m0/s1. The van der Waals surface area contributed by atoms with E-state index in [1.807, 2.05) is 0 Å². The molecule has 0 radical (unpaired) electrons. The van der Waals surface area contributed by atoms with Crippen LogP contribution in [0.1, 0.15) is 23.2 Å². The molecule has 0 spiro atoms. The highest BCUT2D eigenvalue weighted by molar-refractivity contribution is 5.97. The normalized spacial score (nSPS) is 19.5. The molecule has 3 N–H and O–H groups in total. The Hall–Kier alpha value is -2.08. The molecule has 6 nitrogen and oxygen atoms in total. The van der Waals surface area contributed by atoms with Crippen LogP contribution in [-0.2, 0) is 7.05 Å². The van der Waals surface area contributed by atoms with E-state index in [-0.39, 0.29) is 17.6 Å². The van der Waals surface area contributed by atoms with Crippen molar-refractivity contribution in [1.82, 2.24) is 14.5 Å². The number of carbonyl (C=O) groups excluding carboxylic acids is 1. The molecule has 1 fully saturated rings. The maximum Gasteiger partial charge on any atom is 0.326 e. The summed E-state index contributed by atoms with van der Waals surface area (Å²) in [6.07, 6.45) is 1.91. The van der Waals surface area contributed by atoms with E-state index in [1.165, 1.54) is 4.57 Å². The van der Waals surface area contributed by atoms with E-state index in [0.717, 1.165) is 30.4 Å². The number of imidazole rings is 1. The average Bonchev–Trinajstić information content (AvgIpc) is 2.73. The van der Waals surface area contributed by atoms with E-state index >= 15 is 0 Å². The molecule has 0 bridgehead atoms. The van der Waals surface area contributed by atoms with E-state index in [2.05, 4.69) is 4.98 Å². The fourth-order valence-corrected chi connectivity index (χ4v) is 2.73. The SMILES string of the molecule is Cn1c(=O)[nH]c2ccc(C(=O)N3CCC[C@H](N)C3)cc21. The van der Waals surface area contributed by atoms with Gasteiger partial charge in [0, 0.05) is 31.7 Å². The van der Waals surface area contributed by atoms with Crippen LogP contribution >= 0.6 is 0 Å². The van der Waals surface area contributed by atoms with Gasteiger partial charge in [-0.2, -0.15) is 0 Å². The number of hydrogen-bond acceptors (Lipinski definition) is 3. The number of likely N-dealkylation sites (tertiary alicyclic amines) is 1. The van der Waals surface area contributed by atoms with Gasteiger partial charge >= 0.3 is 5.69 Å². The lowest BCUT2D eigenvalue weighted by Gasteiger charge is -2.30. The lowest BCUT2D eigenvalue weighted by molar-refractivity contribution is 0.0709. The molecular weight excluding hydrogens is 256 g/mol. The van der Waals surface area contributed by atoms with Gasteiger partial charge in [-0.15, -0.1) is 0 Å². The molecule has 1 aromatic carbocycles. The minimum Gasteiger partial charge on any atom is -0.337 e. The summed E-state index contributed by atoms with van der Waals surface area (Å²) in [5.74, 6) is -0.0179. The summed E-state index contributed by atoms with van der Waals surface area (Å²) >= 11 is 0. The molecule has 1 aromatic heterocycles. The van der Waals surface area contributed by atoms with Crippen molar-refractivity contribution in [1.29, 1.82) is 0 Å². The summed E-state index contributed by atoms with van der Waals surface area (Å²) in [6.45, 7) is 1.35. The van der Waals surface area contributed by atoms with Gasteiger partial charge in [-0.05, 0) is 31.0 Å². The highest BCUT2D eigenvalue weighted by Crippen LogP contribution is 2.16. The Morgan fingerprint density at radius 1 is 1.45 bits per heavy atom. The molecule has 0 unspecified atom stereocenters. The summed E-state index contributed by atoms with van der Waals surface area (Å²) in [4.78, 5) is 28.6. The minimum absolute atomic E-state index is 0.0179. The summed E-state index contributed by atoms with van der Waals surface area (Å²) in [6, 6.07) is 5.35. The molecule has 0 aliphatic carbocycles. The van der Waals surface area contributed by atoms with E-state index in [4.69, 9.17) is 5.73 Å². The van der Waals surface area contributed by atoms with Gasteiger partial charge in [0.2, 0.25) is 0 Å². The van der Waals surface area contributed by atoms with Crippen molar-refractivity contribution < 1.29 is 4.79 Å². The molecule has 1 atom stereocenters. The number of fused-ring (bicyclic) bond motifs is 1. The third-order valence-corrected chi connectivity index (χ3v) is 3.90. The average molecular weight is 274 g/mol. The number of nitrogens with zero attached hydrogens (tertiary/aromatic N) is 2. The van der Waals surface area contributed by atoms with E-state index in [0.29, 0.717) is 12.1 Å². The number of rotatable bonds is 1. The number of hydrogen-bond donors (Lipinski definition) is 2. The maximum atomic E-state index is 12.5. The Labute approximate surface area is 116 Å². The van der Waals surface area contributed by atoms with Crippen molar-refractivity contribution in [2.45, 2.75) is 18.9 Å². The Morgan fingerprint density at radius 2 is 2.25 bits per heavy atom. The predicted octanol–water partition coefficient (Wildman–Crippen LogP) is 0.430. The van der Waals surface area contributed by atoms with Crippen LogP contribution in [0, 0.1) is 0 Å². The summed E-state index contributed by atoms with van der Waals surface area (Å²) in [5.41, 5.74) is 7.81.